The predicted molar refractivity (Wildman–Crippen MR) is 59.1 cm³/mol. The molecule has 16 heavy (non-hydrogen) atoms. The van der Waals surface area contributed by atoms with Crippen LogP contribution in [-0.2, 0) is 0 Å². The molecule has 1 atom stereocenters. The molecule has 88 valence electrons. The summed E-state index contributed by atoms with van der Waals surface area (Å²) in [5, 5.41) is 9.52. The van der Waals surface area contributed by atoms with Gasteiger partial charge < -0.3 is 10.7 Å². The molecule has 0 aliphatic carbocycles. The summed E-state index contributed by atoms with van der Waals surface area (Å²) in [6, 6.07) is 0.278. The third-order valence-electron chi connectivity index (χ3n) is 2.37. The molecule has 0 bridgehead atoms. The molecule has 0 aliphatic rings. The van der Waals surface area contributed by atoms with Crippen molar-refractivity contribution in [2.45, 2.75) is 26.3 Å². The molecular formula is C9H16N6O. The number of H-pyrrole nitrogens is 1. The van der Waals surface area contributed by atoms with Crippen LogP contribution in [0.2, 0.25) is 0 Å². The molecule has 0 spiro atoms. The first kappa shape index (κ1) is 12.2. The second-order valence-electron chi connectivity index (χ2n) is 3.49. The van der Waals surface area contributed by atoms with Crippen LogP contribution in [0.25, 0.3) is 0 Å². The molecule has 0 aliphatic heterocycles. The average Bonchev–Trinajstić information content (AvgIpc) is 2.72. The topological polar surface area (TPSA) is 99.7 Å². The molecule has 1 aromatic rings. The lowest BCUT2D eigenvalue weighted by molar-refractivity contribution is 0.0996. The van der Waals surface area contributed by atoms with Gasteiger partial charge in [-0.2, -0.15) is 0 Å². The van der Waals surface area contributed by atoms with E-state index in [4.69, 9.17) is 5.73 Å². The molecule has 1 unspecified atom stereocenters. The van der Waals surface area contributed by atoms with E-state index in [0.717, 1.165) is 6.42 Å². The number of aromatic nitrogens is 2. The van der Waals surface area contributed by atoms with Crippen molar-refractivity contribution in [1.82, 2.24) is 15.0 Å². The van der Waals surface area contributed by atoms with Gasteiger partial charge in [-0.15, -0.1) is 5.11 Å². The third-order valence-corrected chi connectivity index (χ3v) is 2.37. The van der Waals surface area contributed by atoms with Crippen molar-refractivity contribution in [2.75, 3.05) is 7.05 Å². The van der Waals surface area contributed by atoms with Crippen molar-refractivity contribution in [2.24, 2.45) is 16.1 Å². The number of nitrogens with zero attached hydrogens (tertiary/aromatic N) is 4. The molecule has 7 nitrogen and oxygen atoms in total. The smallest absolute Gasteiger partial charge is 0.269 e. The number of imidazole rings is 1. The number of nitrogens with two attached hydrogens (primary N) is 1. The Bertz CT molecular complexity index is 385. The molecule has 3 N–H and O–H groups in total. The van der Waals surface area contributed by atoms with E-state index in [0.29, 0.717) is 0 Å². The van der Waals surface area contributed by atoms with E-state index in [1.165, 1.54) is 6.33 Å². The van der Waals surface area contributed by atoms with E-state index in [1.807, 2.05) is 14.0 Å². The van der Waals surface area contributed by atoms with E-state index in [1.54, 1.807) is 5.01 Å². The summed E-state index contributed by atoms with van der Waals surface area (Å²) >= 11 is 0. The lowest BCUT2D eigenvalue weighted by atomic mass is 10.3. The zero-order valence-electron chi connectivity index (χ0n) is 9.64. The van der Waals surface area contributed by atoms with Gasteiger partial charge in [0, 0.05) is 13.1 Å². The molecule has 1 amide bonds. The molecule has 0 saturated heterocycles. The van der Waals surface area contributed by atoms with E-state index < -0.39 is 5.91 Å². The molecule has 7 heteroatoms. The molecule has 0 radical (unpaired) electrons. The van der Waals surface area contributed by atoms with Gasteiger partial charge in [0.25, 0.3) is 5.91 Å². The minimum absolute atomic E-state index is 0.168. The highest BCUT2D eigenvalue weighted by Crippen LogP contribution is 2.14. The van der Waals surface area contributed by atoms with Crippen LogP contribution in [0.3, 0.4) is 0 Å². The maximum Gasteiger partial charge on any atom is 0.269 e. The summed E-state index contributed by atoms with van der Waals surface area (Å²) in [5.74, 6) is -0.389. The zero-order valence-corrected chi connectivity index (χ0v) is 9.64. The number of hydrogen-bond donors (Lipinski definition) is 2. The minimum Gasteiger partial charge on any atom is -0.364 e. The van der Waals surface area contributed by atoms with Crippen LogP contribution in [0.1, 0.15) is 30.8 Å². The number of nitrogens with one attached hydrogen (secondary N) is 1. The molecule has 0 fully saturated rings. The van der Waals surface area contributed by atoms with Crippen molar-refractivity contribution < 1.29 is 4.79 Å². The Morgan fingerprint density at radius 2 is 2.44 bits per heavy atom. The number of primary amides is 1. The summed E-state index contributed by atoms with van der Waals surface area (Å²) < 4.78 is 0. The Balaban J connectivity index is 2.76. The van der Waals surface area contributed by atoms with Crippen LogP contribution in [0.4, 0.5) is 5.82 Å². The van der Waals surface area contributed by atoms with Crippen LogP contribution in [0.15, 0.2) is 16.7 Å². The summed E-state index contributed by atoms with van der Waals surface area (Å²) in [6.07, 6.45) is 2.32. The average molecular weight is 224 g/mol. The largest absolute Gasteiger partial charge is 0.364 e. The predicted octanol–water partition coefficient (Wildman–Crippen LogP) is 1.24. The lowest BCUT2D eigenvalue weighted by Gasteiger charge is -2.17. The van der Waals surface area contributed by atoms with Gasteiger partial charge in [0.2, 0.25) is 5.82 Å². The van der Waals surface area contributed by atoms with Gasteiger partial charge in [-0.05, 0) is 13.3 Å². The first-order chi connectivity index (χ1) is 7.56. The molecular weight excluding hydrogens is 208 g/mol. The first-order valence-corrected chi connectivity index (χ1v) is 5.04. The van der Waals surface area contributed by atoms with Gasteiger partial charge in [0.15, 0.2) is 5.69 Å². The number of carbonyl (C=O) groups excluding carboxylic acids is 1. The summed E-state index contributed by atoms with van der Waals surface area (Å²) in [7, 11) is 1.81. The van der Waals surface area contributed by atoms with Crippen molar-refractivity contribution in [3.8, 4) is 0 Å². The van der Waals surface area contributed by atoms with E-state index >= 15 is 0 Å². The lowest BCUT2D eigenvalue weighted by Crippen LogP contribution is -2.22. The van der Waals surface area contributed by atoms with Crippen molar-refractivity contribution in [1.29, 1.82) is 0 Å². The van der Waals surface area contributed by atoms with Gasteiger partial charge in [-0.1, -0.05) is 12.1 Å². The molecule has 0 saturated carbocycles. The Labute approximate surface area is 93.7 Å². The molecule has 0 aromatic carbocycles. The van der Waals surface area contributed by atoms with Gasteiger partial charge in [-0.25, -0.2) is 4.98 Å². The Morgan fingerprint density at radius 3 is 3.00 bits per heavy atom. The standard InChI is InChI=1S/C9H16N6O/c1-4-6(2)15(3)14-13-9-7(8(10)16)11-5-12-9/h5-6H,4H2,1-3H3,(H2,10,16)(H,11,12). The second-order valence-corrected chi connectivity index (χ2v) is 3.49. The molecule has 1 heterocycles. The van der Waals surface area contributed by atoms with Crippen LogP contribution in [0.5, 0.6) is 0 Å². The van der Waals surface area contributed by atoms with Crippen molar-refractivity contribution >= 4 is 11.7 Å². The number of amides is 1. The number of hydrogen-bond acceptors (Lipinski definition) is 4. The fourth-order valence-electron chi connectivity index (χ4n) is 1.01. The van der Waals surface area contributed by atoms with E-state index in [-0.39, 0.29) is 17.6 Å². The fraction of sp³-hybridized carbons (Fsp3) is 0.556. The Hall–Kier alpha value is -1.92. The Kier molecular flexibility index (Phi) is 3.98. The maximum absolute atomic E-state index is 11.0. The summed E-state index contributed by atoms with van der Waals surface area (Å²) in [4.78, 5) is 17.4. The highest BCUT2D eigenvalue weighted by atomic mass is 16.1. The molecule has 1 aromatic heterocycles. The third kappa shape index (κ3) is 2.78. The highest BCUT2D eigenvalue weighted by Gasteiger charge is 2.10. The van der Waals surface area contributed by atoms with Gasteiger partial charge >= 0.3 is 0 Å². The quantitative estimate of drug-likeness (QED) is 0.581. The van der Waals surface area contributed by atoms with E-state index in [2.05, 4.69) is 27.2 Å². The Morgan fingerprint density at radius 1 is 1.75 bits per heavy atom. The number of carbonyl (C=O) groups is 1. The van der Waals surface area contributed by atoms with Crippen LogP contribution >= 0.6 is 0 Å². The zero-order chi connectivity index (χ0) is 12.1. The van der Waals surface area contributed by atoms with Gasteiger partial charge in [0.1, 0.15) is 0 Å². The maximum atomic E-state index is 11.0. The van der Waals surface area contributed by atoms with Crippen LogP contribution in [0, 0.1) is 0 Å². The number of rotatable bonds is 5. The SMILES string of the molecule is CCC(C)N(C)N=Nc1nc[nH]c1C(N)=O. The van der Waals surface area contributed by atoms with Crippen LogP contribution in [-0.4, -0.2) is 34.0 Å². The fourth-order valence-corrected chi connectivity index (χ4v) is 1.01. The van der Waals surface area contributed by atoms with Crippen LogP contribution < -0.4 is 5.73 Å². The van der Waals surface area contributed by atoms with Gasteiger partial charge in [0.05, 0.1) is 6.33 Å². The summed E-state index contributed by atoms with van der Waals surface area (Å²) in [6.45, 7) is 4.08. The monoisotopic (exact) mass is 224 g/mol. The first-order valence-electron chi connectivity index (χ1n) is 5.04. The van der Waals surface area contributed by atoms with E-state index in [9.17, 15) is 4.79 Å². The second kappa shape index (κ2) is 5.24. The molecule has 1 rings (SSSR count). The van der Waals surface area contributed by atoms with Gasteiger partial charge in [-0.3, -0.25) is 9.80 Å². The number of aromatic amines is 1. The van der Waals surface area contributed by atoms with Crippen molar-refractivity contribution in [3.63, 3.8) is 0 Å². The minimum atomic E-state index is -0.599. The normalized spacial score (nSPS) is 12.9. The summed E-state index contributed by atoms with van der Waals surface area (Å²) in [5.41, 5.74) is 5.29. The highest BCUT2D eigenvalue weighted by molar-refractivity contribution is 5.94. The van der Waals surface area contributed by atoms with Crippen molar-refractivity contribution in [3.05, 3.63) is 12.0 Å².